The van der Waals surface area contributed by atoms with Gasteiger partial charge in [-0.25, -0.2) is 4.98 Å². The van der Waals surface area contributed by atoms with E-state index < -0.39 is 4.92 Å². The highest BCUT2D eigenvalue weighted by atomic mass is 32.2. The van der Waals surface area contributed by atoms with Gasteiger partial charge in [0.15, 0.2) is 0 Å². The Labute approximate surface area is 111 Å². The molecule has 0 aromatic carbocycles. The predicted molar refractivity (Wildman–Crippen MR) is 76.5 cm³/mol. The van der Waals surface area contributed by atoms with Crippen LogP contribution < -0.4 is 10.6 Å². The highest BCUT2D eigenvalue weighted by Crippen LogP contribution is 2.24. The molecule has 0 spiro atoms. The summed E-state index contributed by atoms with van der Waals surface area (Å²) in [6.45, 7) is 5.37. The quantitative estimate of drug-likeness (QED) is 0.585. The second kappa shape index (κ2) is 7.05. The molecule has 1 unspecified atom stereocenters. The van der Waals surface area contributed by atoms with E-state index in [-0.39, 0.29) is 5.69 Å². The molecule has 1 aromatic rings. The highest BCUT2D eigenvalue weighted by Gasteiger charge is 2.16. The molecule has 1 rings (SSSR count). The zero-order valence-corrected chi connectivity index (χ0v) is 11.6. The molecular formula is C11H18N4O2S. The van der Waals surface area contributed by atoms with Crippen LogP contribution in [0.5, 0.6) is 0 Å². The van der Waals surface area contributed by atoms with Crippen LogP contribution in [0.15, 0.2) is 12.1 Å². The number of pyridine rings is 1. The molecule has 100 valence electrons. The highest BCUT2D eigenvalue weighted by molar-refractivity contribution is 7.99. The van der Waals surface area contributed by atoms with Gasteiger partial charge in [0.2, 0.25) is 5.82 Å². The lowest BCUT2D eigenvalue weighted by Crippen LogP contribution is -2.15. The second-order valence-electron chi connectivity index (χ2n) is 3.78. The third-order valence-corrected chi connectivity index (χ3v) is 3.36. The van der Waals surface area contributed by atoms with Crippen molar-refractivity contribution in [1.82, 2.24) is 4.98 Å². The van der Waals surface area contributed by atoms with Crippen LogP contribution >= 0.6 is 11.8 Å². The van der Waals surface area contributed by atoms with Crippen LogP contribution in [0.25, 0.3) is 0 Å². The maximum absolute atomic E-state index is 10.9. The largest absolute Gasteiger partial charge is 0.370 e. The van der Waals surface area contributed by atoms with Crippen molar-refractivity contribution in [3.8, 4) is 0 Å². The number of nitrogens with one attached hydrogen (secondary N) is 2. The van der Waals surface area contributed by atoms with Gasteiger partial charge in [0.1, 0.15) is 5.82 Å². The molecule has 0 saturated heterocycles. The van der Waals surface area contributed by atoms with E-state index in [2.05, 4.69) is 22.5 Å². The Morgan fingerprint density at radius 2 is 2.22 bits per heavy atom. The van der Waals surface area contributed by atoms with E-state index in [0.29, 0.717) is 23.4 Å². The summed E-state index contributed by atoms with van der Waals surface area (Å²) < 4.78 is 0. The van der Waals surface area contributed by atoms with Gasteiger partial charge < -0.3 is 10.6 Å². The van der Waals surface area contributed by atoms with Gasteiger partial charge in [-0.2, -0.15) is 11.8 Å². The topological polar surface area (TPSA) is 80.1 Å². The van der Waals surface area contributed by atoms with Crippen molar-refractivity contribution in [2.24, 2.45) is 0 Å². The SMILES string of the molecule is CCNc1ccc([N+](=O)[O-])c(NCC(C)SC)n1. The molecule has 0 radical (unpaired) electrons. The molecule has 0 bridgehead atoms. The van der Waals surface area contributed by atoms with E-state index in [1.54, 1.807) is 17.8 Å². The van der Waals surface area contributed by atoms with Crippen molar-refractivity contribution < 1.29 is 4.92 Å². The Bertz CT molecular complexity index is 414. The fraction of sp³-hybridized carbons (Fsp3) is 0.545. The molecule has 0 saturated carbocycles. The van der Waals surface area contributed by atoms with Crippen molar-refractivity contribution >= 4 is 29.1 Å². The second-order valence-corrected chi connectivity index (χ2v) is 5.06. The van der Waals surface area contributed by atoms with Crippen LogP contribution in [0.1, 0.15) is 13.8 Å². The number of nitrogens with zero attached hydrogens (tertiary/aromatic N) is 2. The van der Waals surface area contributed by atoms with Crippen LogP contribution in [-0.2, 0) is 0 Å². The van der Waals surface area contributed by atoms with Gasteiger partial charge >= 0.3 is 5.69 Å². The minimum atomic E-state index is -0.422. The summed E-state index contributed by atoms with van der Waals surface area (Å²) in [5.74, 6) is 0.960. The van der Waals surface area contributed by atoms with Crippen molar-refractivity contribution in [1.29, 1.82) is 0 Å². The molecule has 1 heterocycles. The van der Waals surface area contributed by atoms with Crippen LogP contribution in [-0.4, -0.2) is 34.5 Å². The van der Waals surface area contributed by atoms with Gasteiger partial charge in [0, 0.05) is 24.4 Å². The average molecular weight is 270 g/mol. The molecule has 0 aliphatic heterocycles. The van der Waals surface area contributed by atoms with Crippen molar-refractivity contribution in [2.45, 2.75) is 19.1 Å². The van der Waals surface area contributed by atoms with E-state index in [4.69, 9.17) is 0 Å². The Hall–Kier alpha value is -1.50. The molecule has 0 aliphatic carbocycles. The van der Waals surface area contributed by atoms with Crippen molar-refractivity contribution in [2.75, 3.05) is 30.0 Å². The lowest BCUT2D eigenvalue weighted by molar-refractivity contribution is -0.384. The fourth-order valence-electron chi connectivity index (χ4n) is 1.33. The van der Waals surface area contributed by atoms with Gasteiger partial charge in [0.05, 0.1) is 4.92 Å². The van der Waals surface area contributed by atoms with E-state index in [1.165, 1.54) is 6.07 Å². The van der Waals surface area contributed by atoms with Crippen LogP contribution in [0.4, 0.5) is 17.3 Å². The molecule has 6 nitrogen and oxygen atoms in total. The molecule has 7 heteroatoms. The van der Waals surface area contributed by atoms with E-state index in [0.717, 1.165) is 6.54 Å². The minimum absolute atomic E-state index is 0.00459. The maximum atomic E-state index is 10.9. The first-order valence-electron chi connectivity index (χ1n) is 5.74. The summed E-state index contributed by atoms with van der Waals surface area (Å²) in [5.41, 5.74) is 0.00459. The lowest BCUT2D eigenvalue weighted by Gasteiger charge is -2.11. The molecule has 2 N–H and O–H groups in total. The number of aromatic nitrogens is 1. The third kappa shape index (κ3) is 4.06. The summed E-state index contributed by atoms with van der Waals surface area (Å²) in [6.07, 6.45) is 2.00. The summed E-state index contributed by atoms with van der Waals surface area (Å²) in [6, 6.07) is 3.09. The van der Waals surface area contributed by atoms with E-state index >= 15 is 0 Å². The Morgan fingerprint density at radius 1 is 1.50 bits per heavy atom. The molecule has 1 atom stereocenters. The monoisotopic (exact) mass is 270 g/mol. The minimum Gasteiger partial charge on any atom is -0.370 e. The van der Waals surface area contributed by atoms with Crippen LogP contribution in [0.3, 0.4) is 0 Å². The third-order valence-electron chi connectivity index (χ3n) is 2.39. The number of hydrogen-bond acceptors (Lipinski definition) is 6. The van der Waals surface area contributed by atoms with Gasteiger partial charge in [-0.15, -0.1) is 0 Å². The summed E-state index contributed by atoms with van der Waals surface area (Å²) in [7, 11) is 0. The van der Waals surface area contributed by atoms with Crippen molar-refractivity contribution in [3.63, 3.8) is 0 Å². The Morgan fingerprint density at radius 3 is 2.78 bits per heavy atom. The normalized spacial score (nSPS) is 11.9. The smallest absolute Gasteiger partial charge is 0.311 e. The van der Waals surface area contributed by atoms with E-state index in [1.807, 2.05) is 13.2 Å². The van der Waals surface area contributed by atoms with Crippen LogP contribution in [0, 0.1) is 10.1 Å². The lowest BCUT2D eigenvalue weighted by atomic mass is 10.3. The average Bonchev–Trinajstić information content (AvgIpc) is 2.36. The molecular weight excluding hydrogens is 252 g/mol. The first-order valence-corrected chi connectivity index (χ1v) is 7.03. The fourth-order valence-corrected chi connectivity index (χ4v) is 1.58. The molecule has 0 amide bonds. The van der Waals surface area contributed by atoms with Gasteiger partial charge in [-0.3, -0.25) is 10.1 Å². The standard InChI is InChI=1S/C11H18N4O2S/c1-4-12-10-6-5-9(15(16)17)11(14-10)13-7-8(2)18-3/h5-6,8H,4,7H2,1-3H3,(H2,12,13,14). The Kier molecular flexibility index (Phi) is 5.70. The predicted octanol–water partition coefficient (Wildman–Crippen LogP) is 2.59. The van der Waals surface area contributed by atoms with E-state index in [9.17, 15) is 10.1 Å². The molecule has 1 aromatic heterocycles. The zero-order chi connectivity index (χ0) is 13.5. The van der Waals surface area contributed by atoms with Gasteiger partial charge in [0.25, 0.3) is 0 Å². The van der Waals surface area contributed by atoms with Gasteiger partial charge in [-0.05, 0) is 19.2 Å². The summed E-state index contributed by atoms with van der Waals surface area (Å²) in [4.78, 5) is 14.7. The number of rotatable bonds is 7. The van der Waals surface area contributed by atoms with Crippen molar-refractivity contribution in [3.05, 3.63) is 22.2 Å². The Balaban J connectivity index is 2.89. The summed E-state index contributed by atoms with van der Waals surface area (Å²) >= 11 is 1.70. The molecule has 0 fully saturated rings. The molecule has 0 aliphatic rings. The van der Waals surface area contributed by atoms with Gasteiger partial charge in [-0.1, -0.05) is 6.92 Å². The summed E-state index contributed by atoms with van der Waals surface area (Å²) in [5, 5.41) is 17.3. The first kappa shape index (κ1) is 14.6. The maximum Gasteiger partial charge on any atom is 0.311 e. The zero-order valence-electron chi connectivity index (χ0n) is 10.8. The molecule has 18 heavy (non-hydrogen) atoms. The number of nitro groups is 1. The number of anilines is 2. The van der Waals surface area contributed by atoms with Crippen LogP contribution in [0.2, 0.25) is 0 Å². The first-order chi connectivity index (χ1) is 8.58. The number of thioether (sulfide) groups is 1. The number of hydrogen-bond donors (Lipinski definition) is 2.